The molecule has 0 saturated heterocycles. The normalized spacial score (nSPS) is 21.0. The highest BCUT2D eigenvalue weighted by molar-refractivity contribution is 5.91. The van der Waals surface area contributed by atoms with Crippen LogP contribution in [0.1, 0.15) is 34.6 Å². The summed E-state index contributed by atoms with van der Waals surface area (Å²) in [5, 5.41) is 6.67. The number of carbonyl (C=O) groups excluding carboxylic acids is 1. The van der Waals surface area contributed by atoms with Gasteiger partial charge in [-0.25, -0.2) is 4.68 Å². The Hall–Kier alpha value is -2.51. The number of benzene rings is 1. The number of halogens is 3. The Morgan fingerprint density at radius 2 is 2.00 bits per heavy atom. The highest BCUT2D eigenvalue weighted by Crippen LogP contribution is 2.43. The molecule has 1 amide bonds. The van der Waals surface area contributed by atoms with Crippen molar-refractivity contribution in [2.24, 2.45) is 5.73 Å². The Morgan fingerprint density at radius 3 is 2.59 bits per heavy atom. The lowest BCUT2D eigenvalue weighted by molar-refractivity contribution is -0.173. The maximum absolute atomic E-state index is 13.3. The molecule has 2 unspecified atom stereocenters. The van der Waals surface area contributed by atoms with Gasteiger partial charge in [0.05, 0.1) is 6.04 Å². The molecule has 1 aromatic heterocycles. The van der Waals surface area contributed by atoms with Gasteiger partial charge in [-0.15, -0.1) is 0 Å². The number of aromatic nitrogens is 2. The van der Waals surface area contributed by atoms with Gasteiger partial charge in [0.2, 0.25) is 0 Å². The number of nitrogens with zero attached hydrogens (tertiary/aromatic N) is 2. The van der Waals surface area contributed by atoms with Crippen LogP contribution in [0.5, 0.6) is 0 Å². The number of amides is 1. The van der Waals surface area contributed by atoms with Gasteiger partial charge in [-0.3, -0.25) is 4.79 Å². The number of fused-ring (bicyclic) bond motifs is 1. The number of rotatable bonds is 2. The summed E-state index contributed by atoms with van der Waals surface area (Å²) in [4.78, 5) is 11.2. The van der Waals surface area contributed by atoms with E-state index in [-0.39, 0.29) is 17.9 Å². The minimum absolute atomic E-state index is 0.135. The molecule has 3 rings (SSSR count). The molecule has 1 aliphatic rings. The van der Waals surface area contributed by atoms with Gasteiger partial charge in [0.1, 0.15) is 5.82 Å². The fourth-order valence-corrected chi connectivity index (χ4v) is 2.60. The van der Waals surface area contributed by atoms with Gasteiger partial charge < -0.3 is 11.1 Å². The summed E-state index contributed by atoms with van der Waals surface area (Å²) < 4.78 is 40.7. The Morgan fingerprint density at radius 1 is 1.32 bits per heavy atom. The van der Waals surface area contributed by atoms with Gasteiger partial charge in [-0.05, 0) is 5.56 Å². The van der Waals surface area contributed by atoms with Gasteiger partial charge in [0, 0.05) is 12.5 Å². The van der Waals surface area contributed by atoms with E-state index in [0.29, 0.717) is 0 Å². The van der Waals surface area contributed by atoms with E-state index in [0.717, 1.165) is 10.2 Å². The summed E-state index contributed by atoms with van der Waals surface area (Å²) >= 11 is 0. The lowest BCUT2D eigenvalue weighted by atomic mass is 9.97. The minimum Gasteiger partial charge on any atom is -0.364 e. The van der Waals surface area contributed by atoms with E-state index in [4.69, 9.17) is 5.73 Å². The third-order valence-corrected chi connectivity index (χ3v) is 3.64. The molecule has 5 nitrogen and oxygen atoms in total. The number of nitrogens with two attached hydrogens (primary N) is 1. The van der Waals surface area contributed by atoms with E-state index in [2.05, 4.69) is 10.4 Å². The van der Waals surface area contributed by atoms with Crippen molar-refractivity contribution in [3.05, 3.63) is 47.7 Å². The highest BCUT2D eigenvalue weighted by Gasteiger charge is 2.46. The van der Waals surface area contributed by atoms with Crippen LogP contribution < -0.4 is 11.1 Å². The SMILES string of the molecule is NC(=O)c1cc2n(n1)C(C(F)(F)F)CC(c1ccccc1)N2. The summed E-state index contributed by atoms with van der Waals surface area (Å²) in [6.07, 6.45) is -4.68. The Balaban J connectivity index is 2.03. The molecule has 0 bridgehead atoms. The Labute approximate surface area is 123 Å². The van der Waals surface area contributed by atoms with Crippen molar-refractivity contribution < 1.29 is 18.0 Å². The highest BCUT2D eigenvalue weighted by atomic mass is 19.4. The molecule has 2 aromatic rings. The van der Waals surface area contributed by atoms with Crippen molar-refractivity contribution in [3.63, 3.8) is 0 Å². The predicted molar refractivity (Wildman–Crippen MR) is 73.3 cm³/mol. The van der Waals surface area contributed by atoms with E-state index < -0.39 is 24.2 Å². The van der Waals surface area contributed by atoms with E-state index in [1.807, 2.05) is 0 Å². The molecule has 1 aliphatic heterocycles. The smallest absolute Gasteiger partial charge is 0.364 e. The predicted octanol–water partition coefficient (Wildman–Crippen LogP) is 2.64. The molecular formula is C14H13F3N4O. The van der Waals surface area contributed by atoms with Gasteiger partial charge in [0.25, 0.3) is 5.91 Å². The quantitative estimate of drug-likeness (QED) is 0.895. The summed E-state index contributed by atoms with van der Waals surface area (Å²) in [6.45, 7) is 0. The number of alkyl halides is 3. The zero-order valence-corrected chi connectivity index (χ0v) is 11.3. The lowest BCUT2D eigenvalue weighted by Gasteiger charge is -2.33. The molecule has 3 N–H and O–H groups in total. The summed E-state index contributed by atoms with van der Waals surface area (Å²) in [5.41, 5.74) is 5.65. The molecule has 0 fully saturated rings. The van der Waals surface area contributed by atoms with Gasteiger partial charge in [-0.2, -0.15) is 18.3 Å². The van der Waals surface area contributed by atoms with Crippen LogP contribution >= 0.6 is 0 Å². The third-order valence-electron chi connectivity index (χ3n) is 3.64. The van der Waals surface area contributed by atoms with E-state index in [1.54, 1.807) is 30.3 Å². The molecule has 0 aliphatic carbocycles. The van der Waals surface area contributed by atoms with Crippen LogP contribution in [0.15, 0.2) is 36.4 Å². The molecule has 0 spiro atoms. The van der Waals surface area contributed by atoms with Crippen molar-refractivity contribution in [1.29, 1.82) is 0 Å². The lowest BCUT2D eigenvalue weighted by Crippen LogP contribution is -2.35. The number of nitrogens with one attached hydrogen (secondary N) is 1. The monoisotopic (exact) mass is 310 g/mol. The minimum atomic E-state index is -4.47. The molecule has 2 heterocycles. The van der Waals surface area contributed by atoms with Crippen LogP contribution in [0, 0.1) is 0 Å². The maximum Gasteiger partial charge on any atom is 0.410 e. The van der Waals surface area contributed by atoms with Crippen LogP contribution in [0.25, 0.3) is 0 Å². The van der Waals surface area contributed by atoms with Crippen molar-refractivity contribution in [1.82, 2.24) is 9.78 Å². The van der Waals surface area contributed by atoms with Crippen molar-refractivity contribution in [2.75, 3.05) is 5.32 Å². The molecule has 116 valence electrons. The van der Waals surface area contributed by atoms with Crippen LogP contribution in [-0.2, 0) is 0 Å². The molecule has 2 atom stereocenters. The van der Waals surface area contributed by atoms with Gasteiger partial charge in [0.15, 0.2) is 11.7 Å². The van der Waals surface area contributed by atoms with E-state index in [9.17, 15) is 18.0 Å². The summed E-state index contributed by atoms with van der Waals surface area (Å²) in [7, 11) is 0. The first-order valence-corrected chi connectivity index (χ1v) is 6.64. The van der Waals surface area contributed by atoms with E-state index in [1.165, 1.54) is 6.07 Å². The van der Waals surface area contributed by atoms with Crippen molar-refractivity contribution >= 4 is 11.7 Å². The number of hydrogen-bond acceptors (Lipinski definition) is 3. The molecule has 8 heteroatoms. The average molecular weight is 310 g/mol. The van der Waals surface area contributed by atoms with Crippen LogP contribution in [0.4, 0.5) is 19.0 Å². The van der Waals surface area contributed by atoms with Crippen LogP contribution in [-0.4, -0.2) is 21.9 Å². The Bertz CT molecular complexity index is 696. The largest absolute Gasteiger partial charge is 0.410 e. The number of anilines is 1. The van der Waals surface area contributed by atoms with Crippen molar-refractivity contribution in [3.8, 4) is 0 Å². The Kier molecular flexibility index (Phi) is 3.31. The second kappa shape index (κ2) is 5.04. The number of hydrogen-bond donors (Lipinski definition) is 2. The second-order valence-electron chi connectivity index (χ2n) is 5.12. The third kappa shape index (κ3) is 2.51. The first-order chi connectivity index (χ1) is 10.4. The second-order valence-corrected chi connectivity index (χ2v) is 5.12. The summed E-state index contributed by atoms with van der Waals surface area (Å²) in [6, 6.07) is 7.76. The average Bonchev–Trinajstić information content (AvgIpc) is 2.90. The molecule has 1 aromatic carbocycles. The van der Waals surface area contributed by atoms with Crippen LogP contribution in [0.2, 0.25) is 0 Å². The molecule has 0 radical (unpaired) electrons. The zero-order chi connectivity index (χ0) is 15.9. The van der Waals surface area contributed by atoms with Gasteiger partial charge in [-0.1, -0.05) is 30.3 Å². The standard InChI is InChI=1S/C14H13F3N4O/c15-14(16,17)11-6-9(8-4-2-1-3-5-8)19-12-7-10(13(18)22)20-21(11)12/h1-5,7,9,11,19H,6H2,(H2,18,22). The van der Waals surface area contributed by atoms with Crippen LogP contribution in [0.3, 0.4) is 0 Å². The topological polar surface area (TPSA) is 72.9 Å². The maximum atomic E-state index is 13.3. The molecule has 22 heavy (non-hydrogen) atoms. The fraction of sp³-hybridized carbons (Fsp3) is 0.286. The number of carbonyl (C=O) groups is 1. The van der Waals surface area contributed by atoms with Crippen molar-refractivity contribution in [2.45, 2.75) is 24.7 Å². The molecular weight excluding hydrogens is 297 g/mol. The first kappa shape index (κ1) is 14.4. The summed E-state index contributed by atoms with van der Waals surface area (Å²) in [5.74, 6) is -0.725. The fourth-order valence-electron chi connectivity index (χ4n) is 2.60. The van der Waals surface area contributed by atoms with Gasteiger partial charge >= 0.3 is 6.18 Å². The zero-order valence-electron chi connectivity index (χ0n) is 11.3. The van der Waals surface area contributed by atoms with E-state index >= 15 is 0 Å². The number of primary amides is 1. The first-order valence-electron chi connectivity index (χ1n) is 6.64. The molecule has 0 saturated carbocycles.